The Balaban J connectivity index is 1.51. The molecule has 0 saturated carbocycles. The van der Waals surface area contributed by atoms with E-state index in [4.69, 9.17) is 4.74 Å². The SMILES string of the molecule is c1ccc(COc2ncccc2[C@@H]2CCCN2Cc2ccccc2)cc1. The summed E-state index contributed by atoms with van der Waals surface area (Å²) in [6.45, 7) is 2.64. The summed E-state index contributed by atoms with van der Waals surface area (Å²) in [7, 11) is 0. The number of nitrogens with zero attached hydrogens (tertiary/aromatic N) is 2. The molecule has 1 fully saturated rings. The summed E-state index contributed by atoms with van der Waals surface area (Å²) in [5, 5.41) is 0. The first-order valence-electron chi connectivity index (χ1n) is 9.30. The Bertz CT molecular complexity index is 820. The Morgan fingerprint density at radius 2 is 1.62 bits per heavy atom. The Kier molecular flexibility index (Phi) is 5.27. The molecule has 3 nitrogen and oxygen atoms in total. The number of hydrogen-bond acceptors (Lipinski definition) is 3. The molecule has 1 aliphatic heterocycles. The van der Waals surface area contributed by atoms with E-state index in [-0.39, 0.29) is 0 Å². The molecule has 1 aliphatic rings. The van der Waals surface area contributed by atoms with Gasteiger partial charge in [0.25, 0.3) is 0 Å². The van der Waals surface area contributed by atoms with E-state index in [2.05, 4.69) is 58.4 Å². The zero-order chi connectivity index (χ0) is 17.6. The zero-order valence-corrected chi connectivity index (χ0v) is 14.9. The molecular formula is C23H24N2O. The topological polar surface area (TPSA) is 25.4 Å². The lowest BCUT2D eigenvalue weighted by Crippen LogP contribution is -2.23. The Hall–Kier alpha value is -2.65. The van der Waals surface area contributed by atoms with E-state index < -0.39 is 0 Å². The van der Waals surface area contributed by atoms with Gasteiger partial charge >= 0.3 is 0 Å². The molecule has 1 saturated heterocycles. The van der Waals surface area contributed by atoms with Gasteiger partial charge in [0.2, 0.25) is 5.88 Å². The van der Waals surface area contributed by atoms with Crippen molar-refractivity contribution in [2.45, 2.75) is 32.0 Å². The van der Waals surface area contributed by atoms with Crippen molar-refractivity contribution in [3.8, 4) is 5.88 Å². The summed E-state index contributed by atoms with van der Waals surface area (Å²) in [6.07, 6.45) is 4.19. The van der Waals surface area contributed by atoms with Gasteiger partial charge in [-0.15, -0.1) is 0 Å². The van der Waals surface area contributed by atoms with Crippen molar-refractivity contribution < 1.29 is 4.74 Å². The first kappa shape index (κ1) is 16.8. The van der Waals surface area contributed by atoms with Gasteiger partial charge in [-0.05, 0) is 36.6 Å². The van der Waals surface area contributed by atoms with Crippen molar-refractivity contribution in [2.24, 2.45) is 0 Å². The third kappa shape index (κ3) is 3.94. The van der Waals surface area contributed by atoms with Gasteiger partial charge in [0.05, 0.1) is 0 Å². The van der Waals surface area contributed by atoms with Crippen LogP contribution in [-0.4, -0.2) is 16.4 Å². The maximum Gasteiger partial charge on any atom is 0.218 e. The molecule has 4 rings (SSSR count). The van der Waals surface area contributed by atoms with Crippen LogP contribution in [-0.2, 0) is 13.2 Å². The second kappa shape index (κ2) is 8.15. The fourth-order valence-electron chi connectivity index (χ4n) is 3.69. The molecular weight excluding hydrogens is 320 g/mol. The third-order valence-electron chi connectivity index (χ3n) is 4.97. The Morgan fingerprint density at radius 1 is 0.885 bits per heavy atom. The molecule has 2 heterocycles. The fraction of sp³-hybridized carbons (Fsp3) is 0.261. The minimum atomic E-state index is 0.370. The van der Waals surface area contributed by atoms with Crippen LogP contribution >= 0.6 is 0 Å². The van der Waals surface area contributed by atoms with E-state index in [1.54, 1.807) is 0 Å². The van der Waals surface area contributed by atoms with Crippen LogP contribution in [0.2, 0.25) is 0 Å². The van der Waals surface area contributed by atoms with Crippen LogP contribution in [0.5, 0.6) is 5.88 Å². The van der Waals surface area contributed by atoms with E-state index in [1.807, 2.05) is 30.5 Å². The van der Waals surface area contributed by atoms with Gasteiger partial charge in [-0.1, -0.05) is 66.7 Å². The molecule has 0 bridgehead atoms. The summed E-state index contributed by atoms with van der Waals surface area (Å²) in [5.74, 6) is 0.765. The predicted octanol–water partition coefficient (Wildman–Crippen LogP) is 5.00. The largest absolute Gasteiger partial charge is 0.473 e. The normalized spacial score (nSPS) is 17.3. The van der Waals surface area contributed by atoms with E-state index in [1.165, 1.54) is 17.5 Å². The minimum Gasteiger partial charge on any atom is -0.473 e. The molecule has 26 heavy (non-hydrogen) atoms. The van der Waals surface area contributed by atoms with Crippen molar-refractivity contribution in [1.29, 1.82) is 0 Å². The van der Waals surface area contributed by atoms with Crippen molar-refractivity contribution in [3.63, 3.8) is 0 Å². The maximum atomic E-state index is 6.10. The van der Waals surface area contributed by atoms with Crippen molar-refractivity contribution in [1.82, 2.24) is 9.88 Å². The molecule has 3 aromatic rings. The number of benzene rings is 2. The standard InChI is InChI=1S/C23H24N2O/c1-3-9-19(10-4-1)17-25-16-8-14-22(25)21-13-7-15-24-23(21)26-18-20-11-5-2-6-12-20/h1-7,9-13,15,22H,8,14,16-18H2/t22-/m0/s1. The second-order valence-electron chi connectivity index (χ2n) is 6.79. The quantitative estimate of drug-likeness (QED) is 0.629. The van der Waals surface area contributed by atoms with Crippen LogP contribution in [0.1, 0.15) is 35.6 Å². The average Bonchev–Trinajstić information content (AvgIpc) is 3.16. The van der Waals surface area contributed by atoms with Gasteiger partial charge in [-0.3, -0.25) is 4.90 Å². The Morgan fingerprint density at radius 3 is 2.38 bits per heavy atom. The van der Waals surface area contributed by atoms with Gasteiger partial charge in [-0.2, -0.15) is 0 Å². The van der Waals surface area contributed by atoms with E-state index >= 15 is 0 Å². The highest BCUT2D eigenvalue weighted by Crippen LogP contribution is 2.37. The molecule has 1 atom stereocenters. The number of rotatable bonds is 6. The zero-order valence-electron chi connectivity index (χ0n) is 14.9. The molecule has 3 heteroatoms. The summed E-state index contributed by atoms with van der Waals surface area (Å²) in [5.41, 5.74) is 3.73. The minimum absolute atomic E-state index is 0.370. The van der Waals surface area contributed by atoms with Gasteiger partial charge in [-0.25, -0.2) is 4.98 Å². The van der Waals surface area contributed by atoms with Crippen LogP contribution in [0.25, 0.3) is 0 Å². The molecule has 0 N–H and O–H groups in total. The van der Waals surface area contributed by atoms with Gasteiger partial charge in [0.1, 0.15) is 6.61 Å². The van der Waals surface area contributed by atoms with Gasteiger partial charge in [0.15, 0.2) is 0 Å². The first-order chi connectivity index (χ1) is 12.9. The maximum absolute atomic E-state index is 6.10. The number of aromatic nitrogens is 1. The smallest absolute Gasteiger partial charge is 0.218 e. The predicted molar refractivity (Wildman–Crippen MR) is 104 cm³/mol. The van der Waals surface area contributed by atoms with Crippen molar-refractivity contribution in [3.05, 3.63) is 95.7 Å². The van der Waals surface area contributed by atoms with Crippen LogP contribution < -0.4 is 4.74 Å². The molecule has 0 unspecified atom stereocenters. The lowest BCUT2D eigenvalue weighted by Gasteiger charge is -2.26. The van der Waals surface area contributed by atoms with Crippen LogP contribution in [0.3, 0.4) is 0 Å². The summed E-state index contributed by atoms with van der Waals surface area (Å²) in [4.78, 5) is 7.07. The lowest BCUT2D eigenvalue weighted by atomic mass is 10.1. The molecule has 0 amide bonds. The van der Waals surface area contributed by atoms with Crippen LogP contribution in [0.4, 0.5) is 0 Å². The molecule has 2 aromatic carbocycles. The van der Waals surface area contributed by atoms with Crippen LogP contribution in [0, 0.1) is 0 Å². The van der Waals surface area contributed by atoms with E-state index in [9.17, 15) is 0 Å². The van der Waals surface area contributed by atoms with Crippen LogP contribution in [0.15, 0.2) is 79.0 Å². The number of pyridine rings is 1. The lowest BCUT2D eigenvalue weighted by molar-refractivity contribution is 0.232. The third-order valence-corrected chi connectivity index (χ3v) is 4.97. The first-order valence-corrected chi connectivity index (χ1v) is 9.30. The summed E-state index contributed by atoms with van der Waals surface area (Å²) < 4.78 is 6.10. The number of hydrogen-bond donors (Lipinski definition) is 0. The molecule has 0 spiro atoms. The number of ether oxygens (including phenoxy) is 1. The molecule has 0 aliphatic carbocycles. The highest BCUT2D eigenvalue weighted by Gasteiger charge is 2.28. The fourth-order valence-corrected chi connectivity index (χ4v) is 3.69. The molecule has 0 radical (unpaired) electrons. The highest BCUT2D eigenvalue weighted by molar-refractivity contribution is 5.30. The van der Waals surface area contributed by atoms with Gasteiger partial charge < -0.3 is 4.74 Å². The highest BCUT2D eigenvalue weighted by atomic mass is 16.5. The molecule has 1 aromatic heterocycles. The summed E-state index contributed by atoms with van der Waals surface area (Å²) >= 11 is 0. The Labute approximate surface area is 155 Å². The van der Waals surface area contributed by atoms with E-state index in [0.29, 0.717) is 12.6 Å². The monoisotopic (exact) mass is 344 g/mol. The number of likely N-dealkylation sites (tertiary alicyclic amines) is 1. The van der Waals surface area contributed by atoms with Crippen molar-refractivity contribution >= 4 is 0 Å². The van der Waals surface area contributed by atoms with Crippen molar-refractivity contribution in [2.75, 3.05) is 6.54 Å². The second-order valence-corrected chi connectivity index (χ2v) is 6.79. The van der Waals surface area contributed by atoms with E-state index in [0.717, 1.165) is 31.0 Å². The molecule has 132 valence electrons. The average molecular weight is 344 g/mol. The summed E-state index contributed by atoms with van der Waals surface area (Å²) in [6, 6.07) is 25.5. The van der Waals surface area contributed by atoms with Gasteiger partial charge in [0, 0.05) is 24.3 Å².